The van der Waals surface area contributed by atoms with Crippen LogP contribution < -0.4 is 5.73 Å². The highest BCUT2D eigenvalue weighted by Crippen LogP contribution is 2.32. The maximum absolute atomic E-state index is 5.65. The molecular weight excluding hydrogens is 228 g/mol. The molecular formula is C12H18N6. The van der Waals surface area contributed by atoms with E-state index in [0.29, 0.717) is 11.9 Å². The van der Waals surface area contributed by atoms with E-state index in [1.54, 1.807) is 0 Å². The predicted octanol–water partition coefficient (Wildman–Crippen LogP) is 0.941. The molecule has 0 bridgehead atoms. The zero-order valence-electron chi connectivity index (χ0n) is 11.0. The molecule has 0 saturated carbocycles. The molecule has 0 aliphatic carbocycles. The highest BCUT2D eigenvalue weighted by molar-refractivity contribution is 5.30. The molecule has 0 aromatic carbocycles. The number of fused-ring (bicyclic) bond motifs is 1. The molecule has 96 valence electrons. The first-order valence-corrected chi connectivity index (χ1v) is 6.25. The number of aromatic nitrogens is 5. The third-order valence-corrected chi connectivity index (χ3v) is 3.86. The largest absolute Gasteiger partial charge is 0.366 e. The summed E-state index contributed by atoms with van der Waals surface area (Å²) in [4.78, 5) is 4.30. The third-order valence-electron chi connectivity index (χ3n) is 3.86. The van der Waals surface area contributed by atoms with E-state index in [-0.39, 0.29) is 0 Å². The van der Waals surface area contributed by atoms with E-state index >= 15 is 0 Å². The summed E-state index contributed by atoms with van der Waals surface area (Å²) < 4.78 is 3.88. The lowest BCUT2D eigenvalue weighted by Crippen LogP contribution is -2.20. The Morgan fingerprint density at radius 1 is 1.28 bits per heavy atom. The monoisotopic (exact) mass is 246 g/mol. The molecule has 1 unspecified atom stereocenters. The topological polar surface area (TPSA) is 74.5 Å². The second-order valence-electron chi connectivity index (χ2n) is 5.01. The molecule has 3 heterocycles. The van der Waals surface area contributed by atoms with E-state index in [1.807, 2.05) is 16.4 Å². The Hall–Kier alpha value is -1.85. The Labute approximate surface area is 106 Å². The van der Waals surface area contributed by atoms with Crippen LogP contribution >= 0.6 is 0 Å². The number of nitrogens with two attached hydrogens (primary N) is 1. The van der Waals surface area contributed by atoms with Gasteiger partial charge in [0, 0.05) is 25.7 Å². The first-order chi connectivity index (χ1) is 8.56. The summed E-state index contributed by atoms with van der Waals surface area (Å²) in [6, 6.07) is 0. The summed E-state index contributed by atoms with van der Waals surface area (Å²) in [7, 11) is 2.00. The van der Waals surface area contributed by atoms with E-state index in [4.69, 9.17) is 5.73 Å². The smallest absolute Gasteiger partial charge is 0.239 e. The molecule has 2 N–H and O–H groups in total. The third kappa shape index (κ3) is 1.60. The lowest BCUT2D eigenvalue weighted by atomic mass is 9.89. The summed E-state index contributed by atoms with van der Waals surface area (Å²) in [5.41, 5.74) is 9.39. The second kappa shape index (κ2) is 3.83. The highest BCUT2D eigenvalue weighted by Gasteiger charge is 2.26. The summed E-state index contributed by atoms with van der Waals surface area (Å²) in [5.74, 6) is 1.85. The SMILES string of the molecule is Cc1nn(C)c(C)c1C1CCn2nc(N)nc2C1. The fourth-order valence-corrected chi connectivity index (χ4v) is 2.95. The Kier molecular flexibility index (Phi) is 2.39. The van der Waals surface area contributed by atoms with Crippen molar-refractivity contribution >= 4 is 5.95 Å². The molecule has 6 heteroatoms. The van der Waals surface area contributed by atoms with Crippen molar-refractivity contribution in [3.8, 4) is 0 Å². The molecule has 0 radical (unpaired) electrons. The maximum atomic E-state index is 5.65. The van der Waals surface area contributed by atoms with E-state index < -0.39 is 0 Å². The number of aryl methyl sites for hydroxylation is 3. The van der Waals surface area contributed by atoms with Crippen LogP contribution in [0.3, 0.4) is 0 Å². The molecule has 18 heavy (non-hydrogen) atoms. The Balaban J connectivity index is 1.96. The Morgan fingerprint density at radius 2 is 2.06 bits per heavy atom. The number of nitrogens with zero attached hydrogens (tertiary/aromatic N) is 5. The van der Waals surface area contributed by atoms with Crippen molar-refractivity contribution < 1.29 is 0 Å². The molecule has 3 rings (SSSR count). The van der Waals surface area contributed by atoms with Crippen molar-refractivity contribution in [1.82, 2.24) is 24.5 Å². The zero-order valence-corrected chi connectivity index (χ0v) is 11.0. The molecule has 0 amide bonds. The summed E-state index contributed by atoms with van der Waals surface area (Å²) in [6.07, 6.45) is 1.97. The first-order valence-electron chi connectivity index (χ1n) is 6.25. The average molecular weight is 246 g/mol. The molecule has 0 saturated heterocycles. The van der Waals surface area contributed by atoms with Crippen molar-refractivity contribution in [2.45, 2.75) is 39.2 Å². The van der Waals surface area contributed by atoms with Crippen LogP contribution in [0.5, 0.6) is 0 Å². The van der Waals surface area contributed by atoms with Gasteiger partial charge in [0.15, 0.2) is 0 Å². The van der Waals surface area contributed by atoms with E-state index in [9.17, 15) is 0 Å². The van der Waals surface area contributed by atoms with Crippen LogP contribution in [0.15, 0.2) is 0 Å². The summed E-state index contributed by atoms with van der Waals surface area (Å²) in [5, 5.41) is 8.69. The Bertz CT molecular complexity index is 594. The second-order valence-corrected chi connectivity index (χ2v) is 5.01. The average Bonchev–Trinajstić information content (AvgIpc) is 2.78. The van der Waals surface area contributed by atoms with Gasteiger partial charge < -0.3 is 5.73 Å². The van der Waals surface area contributed by atoms with Crippen LogP contribution in [-0.4, -0.2) is 24.5 Å². The molecule has 1 atom stereocenters. The zero-order chi connectivity index (χ0) is 12.9. The molecule has 0 spiro atoms. The quantitative estimate of drug-likeness (QED) is 0.812. The van der Waals surface area contributed by atoms with Gasteiger partial charge in [-0.05, 0) is 31.7 Å². The van der Waals surface area contributed by atoms with Crippen LogP contribution in [0.1, 0.15) is 35.1 Å². The predicted molar refractivity (Wildman–Crippen MR) is 68.2 cm³/mol. The molecule has 2 aromatic rings. The van der Waals surface area contributed by atoms with Crippen LogP contribution in [0, 0.1) is 13.8 Å². The number of anilines is 1. The first kappa shape index (κ1) is 11.3. The van der Waals surface area contributed by atoms with E-state index in [0.717, 1.165) is 30.9 Å². The van der Waals surface area contributed by atoms with Gasteiger partial charge in [-0.1, -0.05) is 0 Å². The number of hydrogen-bond acceptors (Lipinski definition) is 4. The van der Waals surface area contributed by atoms with Gasteiger partial charge in [0.05, 0.1) is 5.69 Å². The molecule has 1 aliphatic heterocycles. The minimum Gasteiger partial charge on any atom is -0.366 e. The summed E-state index contributed by atoms with van der Waals surface area (Å²) >= 11 is 0. The molecule has 0 fully saturated rings. The lowest BCUT2D eigenvalue weighted by Gasteiger charge is -2.22. The van der Waals surface area contributed by atoms with Crippen LogP contribution in [0.2, 0.25) is 0 Å². The fraction of sp³-hybridized carbons (Fsp3) is 0.583. The Morgan fingerprint density at radius 3 is 2.72 bits per heavy atom. The molecule has 6 nitrogen and oxygen atoms in total. The van der Waals surface area contributed by atoms with Gasteiger partial charge in [0.25, 0.3) is 0 Å². The standard InChI is InChI=1S/C12H18N6/c1-7-11(8(2)17(3)15-7)9-4-5-18-10(6-9)14-12(13)16-18/h9H,4-6H2,1-3H3,(H2,13,16). The molecule has 1 aliphatic rings. The van der Waals surface area contributed by atoms with Crippen LogP contribution in [0.25, 0.3) is 0 Å². The fourth-order valence-electron chi connectivity index (χ4n) is 2.95. The van der Waals surface area contributed by atoms with Crippen molar-refractivity contribution in [1.29, 1.82) is 0 Å². The van der Waals surface area contributed by atoms with Gasteiger partial charge in [-0.25, -0.2) is 4.68 Å². The minimum atomic E-state index is 0.380. The minimum absolute atomic E-state index is 0.380. The maximum Gasteiger partial charge on any atom is 0.239 e. The number of nitrogen functional groups attached to an aromatic ring is 1. The van der Waals surface area contributed by atoms with Gasteiger partial charge in [-0.3, -0.25) is 4.68 Å². The van der Waals surface area contributed by atoms with E-state index in [1.165, 1.54) is 11.3 Å². The van der Waals surface area contributed by atoms with Gasteiger partial charge in [-0.15, -0.1) is 5.10 Å². The van der Waals surface area contributed by atoms with Crippen molar-refractivity contribution in [2.75, 3.05) is 5.73 Å². The van der Waals surface area contributed by atoms with E-state index in [2.05, 4.69) is 29.0 Å². The van der Waals surface area contributed by atoms with Crippen molar-refractivity contribution in [3.63, 3.8) is 0 Å². The number of hydrogen-bond donors (Lipinski definition) is 1. The van der Waals surface area contributed by atoms with Gasteiger partial charge in [0.1, 0.15) is 5.82 Å². The van der Waals surface area contributed by atoms with Gasteiger partial charge in [0.2, 0.25) is 5.95 Å². The highest BCUT2D eigenvalue weighted by atomic mass is 15.4. The lowest BCUT2D eigenvalue weighted by molar-refractivity contribution is 0.432. The van der Waals surface area contributed by atoms with Crippen molar-refractivity contribution in [3.05, 3.63) is 22.8 Å². The van der Waals surface area contributed by atoms with Crippen LogP contribution in [-0.2, 0) is 20.0 Å². The van der Waals surface area contributed by atoms with Crippen LogP contribution in [0.4, 0.5) is 5.95 Å². The number of rotatable bonds is 1. The van der Waals surface area contributed by atoms with Gasteiger partial charge >= 0.3 is 0 Å². The normalized spacial score (nSPS) is 18.9. The van der Waals surface area contributed by atoms with Gasteiger partial charge in [-0.2, -0.15) is 10.1 Å². The summed E-state index contributed by atoms with van der Waals surface area (Å²) in [6.45, 7) is 5.09. The van der Waals surface area contributed by atoms with Crippen molar-refractivity contribution in [2.24, 2.45) is 7.05 Å². The molecule has 2 aromatic heterocycles.